The molecule has 60 valence electrons. The Morgan fingerprint density at radius 2 is 1.91 bits per heavy atom. The van der Waals surface area contributed by atoms with Gasteiger partial charge in [-0.25, -0.2) is 9.97 Å². The molecule has 0 aliphatic heterocycles. The molecule has 0 bridgehead atoms. The fraction of sp³-hybridized carbons (Fsp3) is 0.500. The highest BCUT2D eigenvalue weighted by Gasteiger charge is 2.01. The zero-order valence-electron chi connectivity index (χ0n) is 7.42. The lowest BCUT2D eigenvalue weighted by atomic mass is 10.3. The first-order chi connectivity index (χ1) is 5.11. The van der Waals surface area contributed by atoms with Crippen LogP contribution in [0, 0.1) is 13.8 Å². The molecule has 0 N–H and O–H groups in total. The van der Waals surface area contributed by atoms with Crippen molar-refractivity contribution >= 4 is 5.82 Å². The Kier molecular flexibility index (Phi) is 2.08. The first-order valence-electron chi connectivity index (χ1n) is 3.59. The van der Waals surface area contributed by atoms with Crippen LogP contribution in [0.1, 0.15) is 11.4 Å². The van der Waals surface area contributed by atoms with E-state index < -0.39 is 0 Å². The van der Waals surface area contributed by atoms with Gasteiger partial charge >= 0.3 is 0 Å². The van der Waals surface area contributed by atoms with Gasteiger partial charge < -0.3 is 4.90 Å². The van der Waals surface area contributed by atoms with Crippen LogP contribution in [-0.2, 0) is 0 Å². The number of nitrogens with zero attached hydrogens (tertiary/aromatic N) is 3. The lowest BCUT2D eigenvalue weighted by Gasteiger charge is -2.13. The van der Waals surface area contributed by atoms with Gasteiger partial charge in [0.2, 0.25) is 0 Å². The SMILES string of the molecule is Cc1ncc(C)c(N(C)C)n1. The largest absolute Gasteiger partial charge is 0.362 e. The van der Waals surface area contributed by atoms with Gasteiger partial charge in [0.15, 0.2) is 0 Å². The third kappa shape index (κ3) is 1.67. The van der Waals surface area contributed by atoms with E-state index in [0.717, 1.165) is 17.2 Å². The van der Waals surface area contributed by atoms with Crippen LogP contribution in [0.2, 0.25) is 0 Å². The fourth-order valence-corrected chi connectivity index (χ4v) is 0.971. The van der Waals surface area contributed by atoms with Crippen molar-refractivity contribution in [3.63, 3.8) is 0 Å². The van der Waals surface area contributed by atoms with Crippen LogP contribution in [0.3, 0.4) is 0 Å². The van der Waals surface area contributed by atoms with E-state index in [1.807, 2.05) is 39.0 Å². The van der Waals surface area contributed by atoms with E-state index in [1.54, 1.807) is 0 Å². The van der Waals surface area contributed by atoms with Crippen LogP contribution in [0.25, 0.3) is 0 Å². The summed E-state index contributed by atoms with van der Waals surface area (Å²) in [6, 6.07) is 0. The van der Waals surface area contributed by atoms with Crippen LogP contribution in [0.15, 0.2) is 6.20 Å². The van der Waals surface area contributed by atoms with Crippen molar-refractivity contribution in [2.45, 2.75) is 13.8 Å². The summed E-state index contributed by atoms with van der Waals surface area (Å²) in [6.45, 7) is 3.90. The zero-order chi connectivity index (χ0) is 8.43. The highest BCUT2D eigenvalue weighted by atomic mass is 15.1. The normalized spacial score (nSPS) is 9.82. The van der Waals surface area contributed by atoms with E-state index in [4.69, 9.17) is 0 Å². The molecule has 1 rings (SSSR count). The first-order valence-corrected chi connectivity index (χ1v) is 3.59. The van der Waals surface area contributed by atoms with Crippen LogP contribution in [-0.4, -0.2) is 24.1 Å². The number of aromatic nitrogens is 2. The van der Waals surface area contributed by atoms with Crippen molar-refractivity contribution in [1.82, 2.24) is 9.97 Å². The van der Waals surface area contributed by atoms with Crippen molar-refractivity contribution in [3.8, 4) is 0 Å². The van der Waals surface area contributed by atoms with Gasteiger partial charge in [-0.05, 0) is 13.8 Å². The van der Waals surface area contributed by atoms with Crippen molar-refractivity contribution in [1.29, 1.82) is 0 Å². The second-order valence-electron chi connectivity index (χ2n) is 2.82. The molecule has 1 aromatic heterocycles. The van der Waals surface area contributed by atoms with E-state index in [-0.39, 0.29) is 0 Å². The van der Waals surface area contributed by atoms with Crippen molar-refractivity contribution in [2.75, 3.05) is 19.0 Å². The summed E-state index contributed by atoms with van der Waals surface area (Å²) in [4.78, 5) is 10.4. The Morgan fingerprint density at radius 3 is 2.36 bits per heavy atom. The Morgan fingerprint density at radius 1 is 1.27 bits per heavy atom. The molecule has 3 nitrogen and oxygen atoms in total. The molecule has 0 aliphatic rings. The van der Waals surface area contributed by atoms with Gasteiger partial charge in [0.05, 0.1) is 0 Å². The van der Waals surface area contributed by atoms with Gasteiger partial charge in [-0.15, -0.1) is 0 Å². The Bertz CT molecular complexity index is 256. The van der Waals surface area contributed by atoms with E-state index in [9.17, 15) is 0 Å². The number of hydrogen-bond donors (Lipinski definition) is 0. The van der Waals surface area contributed by atoms with E-state index in [2.05, 4.69) is 9.97 Å². The van der Waals surface area contributed by atoms with E-state index >= 15 is 0 Å². The molecule has 3 heteroatoms. The lowest BCUT2D eigenvalue weighted by Crippen LogP contribution is -2.13. The molecule has 0 atom stereocenters. The monoisotopic (exact) mass is 151 g/mol. The summed E-state index contributed by atoms with van der Waals surface area (Å²) in [6.07, 6.45) is 1.84. The third-order valence-electron chi connectivity index (χ3n) is 1.49. The second kappa shape index (κ2) is 2.86. The Labute approximate surface area is 67.1 Å². The van der Waals surface area contributed by atoms with Gasteiger partial charge in [0.1, 0.15) is 11.6 Å². The molecule has 0 saturated carbocycles. The summed E-state index contributed by atoms with van der Waals surface area (Å²) in [5, 5.41) is 0. The average Bonchev–Trinajstić information content (AvgIpc) is 1.94. The van der Waals surface area contributed by atoms with Crippen LogP contribution >= 0.6 is 0 Å². The minimum atomic E-state index is 0.819. The predicted octanol–water partition coefficient (Wildman–Crippen LogP) is 1.16. The highest BCUT2D eigenvalue weighted by molar-refractivity contribution is 5.43. The van der Waals surface area contributed by atoms with Crippen molar-refractivity contribution in [2.24, 2.45) is 0 Å². The minimum Gasteiger partial charge on any atom is -0.362 e. The second-order valence-corrected chi connectivity index (χ2v) is 2.82. The summed E-state index contributed by atoms with van der Waals surface area (Å²) >= 11 is 0. The standard InChI is InChI=1S/C8H13N3/c1-6-5-9-7(2)10-8(6)11(3)4/h5H,1-4H3. The smallest absolute Gasteiger partial charge is 0.134 e. The molecular formula is C8H13N3. The average molecular weight is 151 g/mol. The Hall–Kier alpha value is -1.12. The minimum absolute atomic E-state index is 0.819. The van der Waals surface area contributed by atoms with Crippen molar-refractivity contribution < 1.29 is 0 Å². The highest BCUT2D eigenvalue weighted by Crippen LogP contribution is 2.11. The zero-order valence-corrected chi connectivity index (χ0v) is 7.42. The molecule has 0 radical (unpaired) electrons. The van der Waals surface area contributed by atoms with Gasteiger partial charge in [-0.1, -0.05) is 0 Å². The van der Waals surface area contributed by atoms with Crippen LogP contribution < -0.4 is 4.90 Å². The fourth-order valence-electron chi connectivity index (χ4n) is 0.971. The molecule has 0 aromatic carbocycles. The molecule has 11 heavy (non-hydrogen) atoms. The molecule has 0 amide bonds. The number of rotatable bonds is 1. The topological polar surface area (TPSA) is 29.0 Å². The Balaban J connectivity index is 3.13. The van der Waals surface area contributed by atoms with Crippen molar-refractivity contribution in [3.05, 3.63) is 17.6 Å². The number of hydrogen-bond acceptors (Lipinski definition) is 3. The molecular weight excluding hydrogens is 138 g/mol. The summed E-state index contributed by atoms with van der Waals surface area (Å²) in [5.74, 6) is 1.82. The molecule has 0 saturated heterocycles. The molecule has 0 fully saturated rings. The van der Waals surface area contributed by atoms with Gasteiger partial charge in [-0.2, -0.15) is 0 Å². The summed E-state index contributed by atoms with van der Waals surface area (Å²) in [5.41, 5.74) is 1.11. The lowest BCUT2D eigenvalue weighted by molar-refractivity contribution is 0.969. The predicted molar refractivity (Wildman–Crippen MR) is 45.8 cm³/mol. The third-order valence-corrected chi connectivity index (χ3v) is 1.49. The van der Waals surface area contributed by atoms with Crippen LogP contribution in [0.4, 0.5) is 5.82 Å². The maximum Gasteiger partial charge on any atom is 0.134 e. The number of aryl methyl sites for hydroxylation is 2. The quantitative estimate of drug-likeness (QED) is 0.603. The molecule has 1 aromatic rings. The number of anilines is 1. The first kappa shape index (κ1) is 7.98. The summed E-state index contributed by atoms with van der Waals surface area (Å²) in [7, 11) is 3.96. The van der Waals surface area contributed by atoms with Crippen LogP contribution in [0.5, 0.6) is 0 Å². The van der Waals surface area contributed by atoms with E-state index in [0.29, 0.717) is 0 Å². The maximum atomic E-state index is 4.29. The van der Waals surface area contributed by atoms with E-state index in [1.165, 1.54) is 0 Å². The molecule has 0 unspecified atom stereocenters. The van der Waals surface area contributed by atoms with Gasteiger partial charge in [0.25, 0.3) is 0 Å². The molecule has 1 heterocycles. The van der Waals surface area contributed by atoms with Gasteiger partial charge in [0, 0.05) is 25.9 Å². The summed E-state index contributed by atoms with van der Waals surface area (Å²) < 4.78 is 0. The molecule has 0 spiro atoms. The van der Waals surface area contributed by atoms with Gasteiger partial charge in [-0.3, -0.25) is 0 Å². The molecule has 0 aliphatic carbocycles. The maximum absolute atomic E-state index is 4.29.